The van der Waals surface area contributed by atoms with Gasteiger partial charge in [0.2, 0.25) is 0 Å². The number of benzene rings is 8. The molecule has 2 atom stereocenters. The zero-order valence-electron chi connectivity index (χ0n) is 36.1. The van der Waals surface area contributed by atoms with Gasteiger partial charge in [0.25, 0.3) is 0 Å². The number of hydrogen-bond donors (Lipinski definition) is 0. The molecule has 8 aromatic rings. The number of hydrogen-bond acceptors (Lipinski definition) is 2. The summed E-state index contributed by atoms with van der Waals surface area (Å²) >= 11 is 0. The molecule has 0 saturated carbocycles. The molecular formula is C58H54S2. The minimum Gasteiger partial charge on any atom is -0.0856 e. The minimum atomic E-state index is 0.199. The van der Waals surface area contributed by atoms with E-state index in [1.807, 2.05) is 21.6 Å². The van der Waals surface area contributed by atoms with Crippen LogP contribution >= 0.6 is 21.6 Å². The van der Waals surface area contributed by atoms with Crippen LogP contribution in [-0.4, -0.2) is 0 Å². The largest absolute Gasteiger partial charge is 0.0856 e. The molecule has 2 heteroatoms. The fraction of sp³-hybridized carbons (Fsp3) is 0.172. The van der Waals surface area contributed by atoms with E-state index in [0.29, 0.717) is 0 Å². The summed E-state index contributed by atoms with van der Waals surface area (Å²) < 4.78 is 0. The van der Waals surface area contributed by atoms with Crippen LogP contribution in [0.15, 0.2) is 170 Å². The third-order valence-electron chi connectivity index (χ3n) is 12.2. The smallest absolute Gasteiger partial charge is 0.0379 e. The Morgan fingerprint density at radius 1 is 0.250 bits per heavy atom. The third kappa shape index (κ3) is 8.29. The summed E-state index contributed by atoms with van der Waals surface area (Å²) in [5, 5.41) is 0.398. The lowest BCUT2D eigenvalue weighted by atomic mass is 9.84. The fourth-order valence-electron chi connectivity index (χ4n) is 8.78. The van der Waals surface area contributed by atoms with Gasteiger partial charge in [-0.15, -0.1) is 0 Å². The molecule has 0 bridgehead atoms. The van der Waals surface area contributed by atoms with Crippen molar-refractivity contribution >= 4 is 21.6 Å². The quantitative estimate of drug-likeness (QED) is 0.119. The van der Waals surface area contributed by atoms with Crippen molar-refractivity contribution in [3.8, 4) is 66.8 Å². The van der Waals surface area contributed by atoms with Crippen molar-refractivity contribution in [3.63, 3.8) is 0 Å². The lowest BCUT2D eigenvalue weighted by Crippen LogP contribution is -2.01. The first-order valence-electron chi connectivity index (χ1n) is 21.1. The van der Waals surface area contributed by atoms with E-state index in [-0.39, 0.29) is 10.5 Å². The average Bonchev–Trinajstić information content (AvgIpc) is 3.26. The van der Waals surface area contributed by atoms with Crippen molar-refractivity contribution in [1.82, 2.24) is 0 Å². The van der Waals surface area contributed by atoms with Gasteiger partial charge in [0.15, 0.2) is 0 Å². The Labute approximate surface area is 366 Å². The topological polar surface area (TPSA) is 0 Å². The summed E-state index contributed by atoms with van der Waals surface area (Å²) in [6.07, 6.45) is 0. The van der Waals surface area contributed by atoms with Gasteiger partial charge < -0.3 is 0 Å². The van der Waals surface area contributed by atoms with Gasteiger partial charge in [0, 0.05) is 10.5 Å². The van der Waals surface area contributed by atoms with Gasteiger partial charge in [-0.1, -0.05) is 167 Å². The first-order chi connectivity index (χ1) is 29.1. The molecule has 0 heterocycles. The van der Waals surface area contributed by atoms with Crippen LogP contribution in [0.3, 0.4) is 0 Å². The monoisotopic (exact) mass is 814 g/mol. The molecule has 0 unspecified atom stereocenters. The third-order valence-corrected chi connectivity index (χ3v) is 15.5. The second kappa shape index (κ2) is 18.0. The van der Waals surface area contributed by atoms with E-state index in [0.717, 1.165) is 0 Å². The van der Waals surface area contributed by atoms with E-state index in [9.17, 15) is 0 Å². The summed E-state index contributed by atoms with van der Waals surface area (Å²) in [6, 6.07) is 63.1. The normalized spacial score (nSPS) is 12.3. The van der Waals surface area contributed by atoms with E-state index < -0.39 is 0 Å². The molecule has 0 spiro atoms. The van der Waals surface area contributed by atoms with E-state index in [4.69, 9.17) is 0 Å². The van der Waals surface area contributed by atoms with Crippen LogP contribution in [0.4, 0.5) is 0 Å². The molecule has 8 rings (SSSR count). The van der Waals surface area contributed by atoms with Gasteiger partial charge in [-0.05, 0) is 191 Å². The summed E-state index contributed by atoms with van der Waals surface area (Å²) in [7, 11) is 3.99. The predicted octanol–water partition coefficient (Wildman–Crippen LogP) is 17.7. The van der Waals surface area contributed by atoms with Crippen molar-refractivity contribution in [2.75, 3.05) is 0 Å². The van der Waals surface area contributed by atoms with Crippen molar-refractivity contribution in [2.24, 2.45) is 0 Å². The summed E-state index contributed by atoms with van der Waals surface area (Å²) in [4.78, 5) is 0. The highest BCUT2D eigenvalue weighted by Gasteiger charge is 2.25. The lowest BCUT2D eigenvalue weighted by molar-refractivity contribution is 1.10. The van der Waals surface area contributed by atoms with Gasteiger partial charge in [-0.25, -0.2) is 0 Å². The Kier molecular flexibility index (Phi) is 12.3. The van der Waals surface area contributed by atoms with Crippen molar-refractivity contribution < 1.29 is 0 Å². The van der Waals surface area contributed by atoms with Gasteiger partial charge in [-0.2, -0.15) is 0 Å². The average molecular weight is 815 g/mol. The van der Waals surface area contributed by atoms with Crippen LogP contribution in [0.1, 0.15) is 68.9 Å². The fourth-order valence-corrected chi connectivity index (χ4v) is 11.3. The van der Waals surface area contributed by atoms with Gasteiger partial charge in [0.05, 0.1) is 0 Å². The second-order valence-electron chi connectivity index (χ2n) is 16.3. The van der Waals surface area contributed by atoms with Crippen molar-refractivity contribution in [3.05, 3.63) is 214 Å². The van der Waals surface area contributed by atoms with Crippen molar-refractivity contribution in [1.29, 1.82) is 0 Å². The van der Waals surface area contributed by atoms with E-state index in [2.05, 4.69) is 225 Å². The van der Waals surface area contributed by atoms with Crippen LogP contribution < -0.4 is 0 Å². The van der Waals surface area contributed by atoms with Crippen LogP contribution in [-0.2, 0) is 0 Å². The van der Waals surface area contributed by atoms with E-state index in [1.54, 1.807) is 0 Å². The highest BCUT2D eigenvalue weighted by atomic mass is 33.1. The minimum absolute atomic E-state index is 0.199. The molecule has 0 nitrogen and oxygen atoms in total. The molecule has 0 aliphatic rings. The molecule has 0 amide bonds. The van der Waals surface area contributed by atoms with Crippen LogP contribution in [0.25, 0.3) is 66.8 Å². The Hall–Kier alpha value is -5.54. The Bertz CT molecular complexity index is 2630. The Morgan fingerprint density at radius 3 is 0.683 bits per heavy atom. The molecule has 0 aromatic heterocycles. The first-order valence-corrected chi connectivity index (χ1v) is 23.4. The molecular weight excluding hydrogens is 761 g/mol. The summed E-state index contributed by atoms with van der Waals surface area (Å²) in [6.45, 7) is 18.2. The zero-order valence-corrected chi connectivity index (χ0v) is 37.8. The predicted molar refractivity (Wildman–Crippen MR) is 266 cm³/mol. The standard InChI is InChI=1S/C58H54S2/c1-37-21-9-15-27-45(37)53-35-57(49-31-19-13-25-41(49)5)55(47-29-17-11-23-39(47)3)33-51(53)43(7)59-60-44(8)52-34-56(48-30-18-12-24-40(48)4)58(50-32-20-14-26-42(50)6)36-54(52)46-28-16-10-22-38(46)2/h9-36,43-44H,1-8H3/t43-,44-/m1/s1. The molecule has 0 aliphatic carbocycles. The van der Waals surface area contributed by atoms with Gasteiger partial charge in [0.1, 0.15) is 0 Å². The van der Waals surface area contributed by atoms with Gasteiger partial charge in [-0.3, -0.25) is 0 Å². The maximum atomic E-state index is 2.51. The maximum absolute atomic E-state index is 2.51. The molecule has 0 aliphatic heterocycles. The zero-order chi connectivity index (χ0) is 41.9. The first kappa shape index (κ1) is 41.2. The lowest BCUT2D eigenvalue weighted by Gasteiger charge is -2.25. The maximum Gasteiger partial charge on any atom is 0.0379 e. The van der Waals surface area contributed by atoms with Gasteiger partial charge >= 0.3 is 0 Å². The highest BCUT2D eigenvalue weighted by Crippen LogP contribution is 2.53. The van der Waals surface area contributed by atoms with Crippen molar-refractivity contribution in [2.45, 2.75) is 65.9 Å². The van der Waals surface area contributed by atoms with Crippen LogP contribution in [0, 0.1) is 41.5 Å². The molecule has 0 radical (unpaired) electrons. The van der Waals surface area contributed by atoms with Crippen LogP contribution in [0.5, 0.6) is 0 Å². The molecule has 0 N–H and O–H groups in total. The number of aryl methyl sites for hydroxylation is 6. The SMILES string of the molecule is Cc1ccccc1-c1cc(-c2ccccc2C)c([C@@H](C)SS[C@H](C)c2cc(-c3ccccc3C)c(-c3ccccc3C)cc2-c2ccccc2C)cc1-c1ccccc1C. The molecule has 0 saturated heterocycles. The second-order valence-corrected chi connectivity index (χ2v) is 19.3. The number of rotatable bonds is 11. The Morgan fingerprint density at radius 2 is 0.450 bits per heavy atom. The Balaban J connectivity index is 1.27. The summed E-state index contributed by atoms with van der Waals surface area (Å²) in [5.41, 5.74) is 25.9. The van der Waals surface area contributed by atoms with E-state index in [1.165, 1.54) is 111 Å². The van der Waals surface area contributed by atoms with Crippen LogP contribution in [0.2, 0.25) is 0 Å². The summed E-state index contributed by atoms with van der Waals surface area (Å²) in [5.74, 6) is 0. The highest BCUT2D eigenvalue weighted by molar-refractivity contribution is 8.76. The molecule has 60 heavy (non-hydrogen) atoms. The molecule has 298 valence electrons. The molecule has 0 fully saturated rings. The molecule has 8 aromatic carbocycles. The van der Waals surface area contributed by atoms with E-state index >= 15 is 0 Å².